The average Bonchev–Trinajstić information content (AvgIpc) is 3.31. The molecule has 1 N–H and O–H groups in total. The van der Waals surface area contributed by atoms with Gasteiger partial charge in [0.25, 0.3) is 0 Å². The summed E-state index contributed by atoms with van der Waals surface area (Å²) in [6.07, 6.45) is 3.62. The fraction of sp³-hybridized carbons (Fsp3) is 0.389. The summed E-state index contributed by atoms with van der Waals surface area (Å²) in [5.41, 5.74) is 3.55. The van der Waals surface area contributed by atoms with E-state index in [1.54, 1.807) is 0 Å². The molecule has 3 rings (SSSR count). The van der Waals surface area contributed by atoms with Crippen molar-refractivity contribution in [3.63, 3.8) is 0 Å². The standard InChI is InChI=1S/C18H22N2O/c1-3-14-5-4-6-17(11-14)21-18-10-7-15(13(2)20-18)12-19-16-8-9-16/h4-7,10-11,16,19H,3,8-9,12H2,1-2H3. The Morgan fingerprint density at radius 3 is 2.81 bits per heavy atom. The number of ether oxygens (including phenoxy) is 1. The zero-order valence-electron chi connectivity index (χ0n) is 12.7. The van der Waals surface area contributed by atoms with Gasteiger partial charge in [-0.2, -0.15) is 0 Å². The number of rotatable bonds is 6. The van der Waals surface area contributed by atoms with E-state index in [0.717, 1.165) is 30.5 Å². The van der Waals surface area contributed by atoms with Crippen LogP contribution in [0.4, 0.5) is 0 Å². The molecule has 3 nitrogen and oxygen atoms in total. The predicted octanol–water partition coefficient (Wildman–Crippen LogP) is 4.00. The third-order valence-electron chi connectivity index (χ3n) is 3.86. The van der Waals surface area contributed by atoms with Crippen molar-refractivity contribution >= 4 is 0 Å². The van der Waals surface area contributed by atoms with Gasteiger partial charge in [0, 0.05) is 24.3 Å². The number of pyridine rings is 1. The monoisotopic (exact) mass is 282 g/mol. The van der Waals surface area contributed by atoms with E-state index in [1.807, 2.05) is 25.1 Å². The number of benzene rings is 1. The third-order valence-corrected chi connectivity index (χ3v) is 3.86. The zero-order chi connectivity index (χ0) is 14.7. The molecule has 1 fully saturated rings. The fourth-order valence-corrected chi connectivity index (χ4v) is 2.30. The lowest BCUT2D eigenvalue weighted by Gasteiger charge is -2.10. The zero-order valence-corrected chi connectivity index (χ0v) is 12.7. The van der Waals surface area contributed by atoms with Crippen molar-refractivity contribution in [1.82, 2.24) is 10.3 Å². The molecule has 1 aliphatic rings. The van der Waals surface area contributed by atoms with Gasteiger partial charge in [-0.15, -0.1) is 0 Å². The van der Waals surface area contributed by atoms with E-state index in [9.17, 15) is 0 Å². The Morgan fingerprint density at radius 1 is 1.24 bits per heavy atom. The van der Waals surface area contributed by atoms with Gasteiger partial charge in [0.05, 0.1) is 0 Å². The van der Waals surface area contributed by atoms with E-state index in [4.69, 9.17) is 4.74 Å². The fourth-order valence-electron chi connectivity index (χ4n) is 2.30. The Bertz CT molecular complexity index is 620. The van der Waals surface area contributed by atoms with Gasteiger partial charge < -0.3 is 10.1 Å². The highest BCUT2D eigenvalue weighted by molar-refractivity contribution is 5.33. The van der Waals surface area contributed by atoms with Crippen molar-refractivity contribution in [2.24, 2.45) is 0 Å². The Morgan fingerprint density at radius 2 is 2.10 bits per heavy atom. The number of nitrogens with zero attached hydrogens (tertiary/aromatic N) is 1. The highest BCUT2D eigenvalue weighted by Gasteiger charge is 2.20. The van der Waals surface area contributed by atoms with Crippen LogP contribution in [0.1, 0.15) is 36.6 Å². The number of hydrogen-bond acceptors (Lipinski definition) is 3. The lowest BCUT2D eigenvalue weighted by molar-refractivity contribution is 0.460. The van der Waals surface area contributed by atoms with Crippen molar-refractivity contribution in [2.75, 3.05) is 0 Å². The highest BCUT2D eigenvalue weighted by atomic mass is 16.5. The van der Waals surface area contributed by atoms with Crippen molar-refractivity contribution in [3.8, 4) is 11.6 Å². The maximum atomic E-state index is 5.86. The molecular formula is C18H22N2O. The van der Waals surface area contributed by atoms with E-state index in [1.165, 1.54) is 24.0 Å². The molecule has 0 saturated heterocycles. The van der Waals surface area contributed by atoms with Crippen LogP contribution in [0.3, 0.4) is 0 Å². The van der Waals surface area contributed by atoms with Crippen LogP contribution < -0.4 is 10.1 Å². The van der Waals surface area contributed by atoms with E-state index < -0.39 is 0 Å². The summed E-state index contributed by atoms with van der Waals surface area (Å²) in [4.78, 5) is 4.56. The van der Waals surface area contributed by atoms with Crippen LogP contribution in [0.2, 0.25) is 0 Å². The Hall–Kier alpha value is -1.87. The quantitative estimate of drug-likeness (QED) is 0.869. The second-order valence-electron chi connectivity index (χ2n) is 5.65. The third kappa shape index (κ3) is 3.82. The van der Waals surface area contributed by atoms with Crippen LogP contribution in [0.15, 0.2) is 36.4 Å². The number of nitrogens with one attached hydrogen (secondary N) is 1. The molecule has 1 aromatic heterocycles. The van der Waals surface area contributed by atoms with Crippen LogP contribution in [0.25, 0.3) is 0 Å². The molecule has 21 heavy (non-hydrogen) atoms. The normalized spacial score (nSPS) is 14.2. The molecule has 1 aromatic carbocycles. The smallest absolute Gasteiger partial charge is 0.219 e. The summed E-state index contributed by atoms with van der Waals surface area (Å²) in [5.74, 6) is 1.51. The maximum absolute atomic E-state index is 5.86. The van der Waals surface area contributed by atoms with Gasteiger partial charge in [-0.1, -0.05) is 25.1 Å². The predicted molar refractivity (Wildman–Crippen MR) is 84.7 cm³/mol. The van der Waals surface area contributed by atoms with Crippen molar-refractivity contribution in [2.45, 2.75) is 45.7 Å². The first kappa shape index (κ1) is 14.1. The van der Waals surface area contributed by atoms with Gasteiger partial charge in [0.2, 0.25) is 5.88 Å². The maximum Gasteiger partial charge on any atom is 0.219 e. The summed E-state index contributed by atoms with van der Waals surface area (Å²) >= 11 is 0. The summed E-state index contributed by atoms with van der Waals surface area (Å²) in [6.45, 7) is 5.08. The SMILES string of the molecule is CCc1cccc(Oc2ccc(CNC3CC3)c(C)n2)c1. The van der Waals surface area contributed by atoms with Crippen molar-refractivity contribution < 1.29 is 4.74 Å². The van der Waals surface area contributed by atoms with Gasteiger partial charge in [-0.05, 0) is 49.4 Å². The van der Waals surface area contributed by atoms with E-state index in [-0.39, 0.29) is 0 Å². The van der Waals surface area contributed by atoms with Gasteiger partial charge in [-0.25, -0.2) is 4.98 Å². The molecule has 1 heterocycles. The minimum atomic E-state index is 0.663. The van der Waals surface area contributed by atoms with Crippen LogP contribution in [0, 0.1) is 6.92 Å². The van der Waals surface area contributed by atoms with Crippen LogP contribution in [-0.2, 0) is 13.0 Å². The Labute approximate surface area is 126 Å². The van der Waals surface area contributed by atoms with Crippen LogP contribution in [-0.4, -0.2) is 11.0 Å². The molecular weight excluding hydrogens is 260 g/mol. The number of aryl methyl sites for hydroxylation is 2. The molecule has 0 amide bonds. The average molecular weight is 282 g/mol. The van der Waals surface area contributed by atoms with Crippen LogP contribution >= 0.6 is 0 Å². The summed E-state index contributed by atoms with van der Waals surface area (Å²) in [6, 6.07) is 13.0. The summed E-state index contributed by atoms with van der Waals surface area (Å²) < 4.78 is 5.86. The first-order valence-corrected chi connectivity index (χ1v) is 7.71. The minimum absolute atomic E-state index is 0.663. The highest BCUT2D eigenvalue weighted by Crippen LogP contribution is 2.23. The molecule has 2 aromatic rings. The molecule has 0 radical (unpaired) electrons. The molecule has 0 atom stereocenters. The van der Waals surface area contributed by atoms with Gasteiger partial charge in [0.1, 0.15) is 5.75 Å². The van der Waals surface area contributed by atoms with Gasteiger partial charge in [0.15, 0.2) is 0 Å². The molecule has 0 spiro atoms. The number of aromatic nitrogens is 1. The van der Waals surface area contributed by atoms with Crippen molar-refractivity contribution in [1.29, 1.82) is 0 Å². The Kier molecular flexibility index (Phi) is 4.20. The second-order valence-corrected chi connectivity index (χ2v) is 5.65. The molecule has 0 aliphatic heterocycles. The summed E-state index contributed by atoms with van der Waals surface area (Å²) in [7, 11) is 0. The minimum Gasteiger partial charge on any atom is -0.439 e. The van der Waals surface area contributed by atoms with Crippen molar-refractivity contribution in [3.05, 3.63) is 53.2 Å². The van der Waals surface area contributed by atoms with E-state index in [0.29, 0.717) is 5.88 Å². The van der Waals surface area contributed by atoms with E-state index >= 15 is 0 Å². The van der Waals surface area contributed by atoms with Gasteiger partial charge >= 0.3 is 0 Å². The molecule has 110 valence electrons. The molecule has 0 unspecified atom stereocenters. The molecule has 3 heteroatoms. The molecule has 1 aliphatic carbocycles. The largest absolute Gasteiger partial charge is 0.439 e. The first-order chi connectivity index (χ1) is 10.2. The lowest BCUT2D eigenvalue weighted by atomic mass is 10.2. The summed E-state index contributed by atoms with van der Waals surface area (Å²) in [5, 5.41) is 3.52. The van der Waals surface area contributed by atoms with Crippen LogP contribution in [0.5, 0.6) is 11.6 Å². The topological polar surface area (TPSA) is 34.1 Å². The molecule has 1 saturated carbocycles. The lowest BCUT2D eigenvalue weighted by Crippen LogP contribution is -2.16. The Balaban J connectivity index is 1.68. The molecule has 0 bridgehead atoms. The van der Waals surface area contributed by atoms with E-state index in [2.05, 4.69) is 35.4 Å². The first-order valence-electron chi connectivity index (χ1n) is 7.71. The number of hydrogen-bond donors (Lipinski definition) is 1. The second kappa shape index (κ2) is 6.27. The van der Waals surface area contributed by atoms with Gasteiger partial charge in [-0.3, -0.25) is 0 Å².